The molecule has 1 aromatic rings. The fourth-order valence-electron chi connectivity index (χ4n) is 2.71. The van der Waals surface area contributed by atoms with Gasteiger partial charge in [-0.1, -0.05) is 31.2 Å². The molecule has 1 aliphatic carbocycles. The number of aromatic nitrogens is 1. The minimum atomic E-state index is -0.0725. The predicted octanol–water partition coefficient (Wildman–Crippen LogP) is 1.65. The minimum Gasteiger partial charge on any atom is -0.395 e. The molecule has 2 rings (SSSR count). The highest BCUT2D eigenvalue weighted by Gasteiger charge is 2.35. The molecule has 0 saturated carbocycles. The number of allylic oxidation sites excluding steroid dienone is 3. The summed E-state index contributed by atoms with van der Waals surface area (Å²) in [6.45, 7) is 4.38. The van der Waals surface area contributed by atoms with Crippen molar-refractivity contribution in [1.82, 2.24) is 9.88 Å². The summed E-state index contributed by atoms with van der Waals surface area (Å²) in [5.74, 6) is 0.243. The van der Waals surface area contributed by atoms with Gasteiger partial charge >= 0.3 is 0 Å². The lowest BCUT2D eigenvalue weighted by molar-refractivity contribution is 0.124. The number of rotatable bonds is 7. The molecule has 0 aliphatic heterocycles. The van der Waals surface area contributed by atoms with Crippen molar-refractivity contribution < 1.29 is 10.2 Å². The van der Waals surface area contributed by atoms with Gasteiger partial charge in [0.15, 0.2) is 0 Å². The van der Waals surface area contributed by atoms with Gasteiger partial charge in [-0.05, 0) is 0 Å². The Labute approximate surface area is 124 Å². The summed E-state index contributed by atoms with van der Waals surface area (Å²) in [5.41, 5.74) is -0.0725. The number of aliphatic hydroxyl groups is 2. The Balaban J connectivity index is 2.16. The predicted molar refractivity (Wildman–Crippen MR) is 81.9 cm³/mol. The molecule has 0 aromatic carbocycles. The minimum absolute atomic E-state index is 0.0725. The van der Waals surface area contributed by atoms with Crippen LogP contribution in [-0.2, 0) is 0 Å². The van der Waals surface area contributed by atoms with Gasteiger partial charge in [0, 0.05) is 42.5 Å². The zero-order valence-corrected chi connectivity index (χ0v) is 12.6. The van der Waals surface area contributed by atoms with E-state index in [0.717, 1.165) is 11.6 Å². The molecule has 2 unspecified atom stereocenters. The summed E-state index contributed by atoms with van der Waals surface area (Å²) >= 11 is 1.67. The van der Waals surface area contributed by atoms with Gasteiger partial charge in [0.2, 0.25) is 0 Å². The van der Waals surface area contributed by atoms with Gasteiger partial charge in [-0.25, -0.2) is 4.98 Å². The monoisotopic (exact) mass is 294 g/mol. The lowest BCUT2D eigenvalue weighted by atomic mass is 9.74. The van der Waals surface area contributed by atoms with E-state index in [1.807, 2.05) is 11.6 Å². The van der Waals surface area contributed by atoms with Crippen LogP contribution in [0, 0.1) is 5.41 Å². The maximum atomic E-state index is 9.16. The Kier molecular flexibility index (Phi) is 5.48. The van der Waals surface area contributed by atoms with E-state index in [1.54, 1.807) is 11.3 Å². The number of thiazole rings is 1. The van der Waals surface area contributed by atoms with Crippen molar-refractivity contribution >= 4 is 11.3 Å². The summed E-state index contributed by atoms with van der Waals surface area (Å²) in [6, 6.07) is 0. The second-order valence-electron chi connectivity index (χ2n) is 5.32. The van der Waals surface area contributed by atoms with Crippen LogP contribution in [0.3, 0.4) is 0 Å². The summed E-state index contributed by atoms with van der Waals surface area (Å²) in [4.78, 5) is 6.55. The van der Waals surface area contributed by atoms with E-state index in [4.69, 9.17) is 10.2 Å². The van der Waals surface area contributed by atoms with Crippen molar-refractivity contribution in [2.45, 2.75) is 12.8 Å². The Bertz CT molecular complexity index is 452. The zero-order chi connectivity index (χ0) is 14.4. The fourth-order valence-corrected chi connectivity index (χ4v) is 3.59. The molecule has 110 valence electrons. The van der Waals surface area contributed by atoms with E-state index >= 15 is 0 Å². The summed E-state index contributed by atoms with van der Waals surface area (Å²) < 4.78 is 0. The van der Waals surface area contributed by atoms with Crippen LogP contribution in [0.25, 0.3) is 0 Å². The van der Waals surface area contributed by atoms with E-state index in [2.05, 4.69) is 41.1 Å². The highest BCUT2D eigenvalue weighted by atomic mass is 32.1. The van der Waals surface area contributed by atoms with Crippen LogP contribution in [0.4, 0.5) is 0 Å². The SMILES string of the molecule is CC1(CN(CCO)CCO)C=CC=CC1c1nccs1. The van der Waals surface area contributed by atoms with Gasteiger partial charge in [0.25, 0.3) is 0 Å². The van der Waals surface area contributed by atoms with Crippen molar-refractivity contribution in [3.63, 3.8) is 0 Å². The first-order valence-electron chi connectivity index (χ1n) is 6.89. The summed E-state index contributed by atoms with van der Waals surface area (Å²) in [5, 5.41) is 21.4. The molecule has 2 N–H and O–H groups in total. The van der Waals surface area contributed by atoms with Gasteiger partial charge in [-0.15, -0.1) is 11.3 Å². The van der Waals surface area contributed by atoms with E-state index in [-0.39, 0.29) is 24.5 Å². The first-order valence-corrected chi connectivity index (χ1v) is 7.77. The van der Waals surface area contributed by atoms with Crippen molar-refractivity contribution in [3.05, 3.63) is 40.9 Å². The number of nitrogens with zero attached hydrogens (tertiary/aromatic N) is 2. The van der Waals surface area contributed by atoms with Crippen LogP contribution >= 0.6 is 11.3 Å². The molecule has 5 heteroatoms. The van der Waals surface area contributed by atoms with Crippen LogP contribution in [0.2, 0.25) is 0 Å². The molecule has 1 heterocycles. The molecule has 0 radical (unpaired) electrons. The van der Waals surface area contributed by atoms with E-state index < -0.39 is 0 Å². The van der Waals surface area contributed by atoms with Gasteiger partial charge in [-0.2, -0.15) is 0 Å². The third-order valence-electron chi connectivity index (χ3n) is 3.72. The molecule has 1 aliphatic rings. The first-order chi connectivity index (χ1) is 9.69. The van der Waals surface area contributed by atoms with Crippen LogP contribution in [0.5, 0.6) is 0 Å². The standard InChI is InChI=1S/C15H22N2O2S/c1-15(12-17(7-9-18)8-10-19)5-3-2-4-13(15)14-16-6-11-20-14/h2-6,11,13,18-19H,7-10,12H2,1H3. The maximum Gasteiger partial charge on any atom is 0.100 e. The van der Waals surface area contributed by atoms with E-state index in [9.17, 15) is 0 Å². The molecule has 0 saturated heterocycles. The summed E-state index contributed by atoms with van der Waals surface area (Å²) in [7, 11) is 0. The van der Waals surface area contributed by atoms with Crippen LogP contribution < -0.4 is 0 Å². The fraction of sp³-hybridized carbons (Fsp3) is 0.533. The maximum absolute atomic E-state index is 9.16. The molecule has 1 aromatic heterocycles. The Morgan fingerprint density at radius 3 is 2.65 bits per heavy atom. The Hall–Kier alpha value is -1.01. The Morgan fingerprint density at radius 2 is 2.05 bits per heavy atom. The van der Waals surface area contributed by atoms with Crippen molar-refractivity contribution in [1.29, 1.82) is 0 Å². The van der Waals surface area contributed by atoms with Gasteiger partial charge in [0.05, 0.1) is 13.2 Å². The van der Waals surface area contributed by atoms with Crippen molar-refractivity contribution in [2.75, 3.05) is 32.8 Å². The molecule has 4 nitrogen and oxygen atoms in total. The van der Waals surface area contributed by atoms with Crippen LogP contribution in [-0.4, -0.2) is 52.9 Å². The first kappa shape index (κ1) is 15.4. The Morgan fingerprint density at radius 1 is 1.30 bits per heavy atom. The quantitative estimate of drug-likeness (QED) is 0.803. The van der Waals surface area contributed by atoms with Gasteiger partial charge in [0.1, 0.15) is 5.01 Å². The molecule has 0 spiro atoms. The van der Waals surface area contributed by atoms with Crippen molar-refractivity contribution in [2.24, 2.45) is 5.41 Å². The average molecular weight is 294 g/mol. The zero-order valence-electron chi connectivity index (χ0n) is 11.8. The van der Waals surface area contributed by atoms with Gasteiger partial charge < -0.3 is 10.2 Å². The largest absolute Gasteiger partial charge is 0.395 e. The normalized spacial score (nSPS) is 25.5. The van der Waals surface area contributed by atoms with E-state index in [1.165, 1.54) is 0 Å². The third kappa shape index (κ3) is 3.55. The molecular formula is C15H22N2O2S. The second-order valence-corrected chi connectivity index (χ2v) is 6.25. The molecule has 2 atom stereocenters. The number of hydrogen-bond acceptors (Lipinski definition) is 5. The van der Waals surface area contributed by atoms with Crippen LogP contribution in [0.15, 0.2) is 35.9 Å². The number of hydrogen-bond donors (Lipinski definition) is 2. The molecular weight excluding hydrogens is 272 g/mol. The lowest BCUT2D eigenvalue weighted by Gasteiger charge is -2.38. The average Bonchev–Trinajstić information content (AvgIpc) is 2.93. The summed E-state index contributed by atoms with van der Waals surface area (Å²) in [6.07, 6.45) is 10.4. The van der Waals surface area contributed by atoms with Crippen molar-refractivity contribution in [3.8, 4) is 0 Å². The molecule has 0 amide bonds. The lowest BCUT2D eigenvalue weighted by Crippen LogP contribution is -2.41. The number of aliphatic hydroxyl groups excluding tert-OH is 2. The van der Waals surface area contributed by atoms with E-state index in [0.29, 0.717) is 13.1 Å². The highest BCUT2D eigenvalue weighted by molar-refractivity contribution is 7.09. The van der Waals surface area contributed by atoms with Crippen LogP contribution in [0.1, 0.15) is 17.8 Å². The molecule has 20 heavy (non-hydrogen) atoms. The highest BCUT2D eigenvalue weighted by Crippen LogP contribution is 2.41. The molecule has 0 fully saturated rings. The smallest absolute Gasteiger partial charge is 0.100 e. The molecule has 0 bridgehead atoms. The topological polar surface area (TPSA) is 56.6 Å². The second kappa shape index (κ2) is 7.13. The van der Waals surface area contributed by atoms with Gasteiger partial charge in [-0.3, -0.25) is 4.90 Å². The third-order valence-corrected chi connectivity index (χ3v) is 4.57.